The summed E-state index contributed by atoms with van der Waals surface area (Å²) in [5, 5.41) is 6.12. The molecule has 0 saturated heterocycles. The molecule has 122 valence electrons. The molecule has 0 unspecified atom stereocenters. The smallest absolute Gasteiger partial charge is 0.270 e. The number of ether oxygens (including phenoxy) is 1. The summed E-state index contributed by atoms with van der Waals surface area (Å²) in [6.07, 6.45) is 2.60. The Morgan fingerprint density at radius 2 is 2.13 bits per heavy atom. The fourth-order valence-electron chi connectivity index (χ4n) is 2.18. The van der Waals surface area contributed by atoms with Crippen molar-refractivity contribution < 1.29 is 9.53 Å². The van der Waals surface area contributed by atoms with Crippen LogP contribution in [0.5, 0.6) is 0 Å². The molecule has 0 fully saturated rings. The van der Waals surface area contributed by atoms with Gasteiger partial charge in [-0.15, -0.1) is 0 Å². The zero-order valence-corrected chi connectivity index (χ0v) is 13.6. The minimum Gasteiger partial charge on any atom is -0.385 e. The van der Waals surface area contributed by atoms with Gasteiger partial charge in [-0.05, 0) is 31.0 Å². The van der Waals surface area contributed by atoms with Crippen LogP contribution in [-0.2, 0) is 11.3 Å². The molecular formula is C18H23N3O2. The van der Waals surface area contributed by atoms with Crippen LogP contribution in [0.3, 0.4) is 0 Å². The van der Waals surface area contributed by atoms with Crippen molar-refractivity contribution in [2.24, 2.45) is 0 Å². The number of anilines is 1. The van der Waals surface area contributed by atoms with Gasteiger partial charge < -0.3 is 15.4 Å². The molecule has 0 atom stereocenters. The van der Waals surface area contributed by atoms with E-state index in [-0.39, 0.29) is 5.91 Å². The SMILES string of the molecule is COCCCNc1ccc(C(=O)NCc2cccc(C)c2)nc1. The molecule has 23 heavy (non-hydrogen) atoms. The molecular weight excluding hydrogens is 290 g/mol. The van der Waals surface area contributed by atoms with Crippen molar-refractivity contribution in [2.75, 3.05) is 25.6 Å². The Labute approximate surface area is 137 Å². The number of hydrogen-bond acceptors (Lipinski definition) is 4. The predicted molar refractivity (Wildman–Crippen MR) is 91.6 cm³/mol. The van der Waals surface area contributed by atoms with Crippen molar-refractivity contribution in [3.05, 3.63) is 59.4 Å². The molecule has 2 aromatic rings. The fraction of sp³-hybridized carbons (Fsp3) is 0.333. The predicted octanol–water partition coefficient (Wildman–Crippen LogP) is 2.77. The lowest BCUT2D eigenvalue weighted by Crippen LogP contribution is -2.23. The van der Waals surface area contributed by atoms with Gasteiger partial charge in [0.05, 0.1) is 11.9 Å². The maximum atomic E-state index is 12.1. The molecule has 1 aromatic carbocycles. The lowest BCUT2D eigenvalue weighted by Gasteiger charge is -2.08. The molecule has 0 aliphatic carbocycles. The number of carbonyl (C=O) groups excluding carboxylic acids is 1. The van der Waals surface area contributed by atoms with Crippen LogP contribution in [0.1, 0.15) is 28.0 Å². The third-order valence-corrected chi connectivity index (χ3v) is 3.39. The van der Waals surface area contributed by atoms with E-state index >= 15 is 0 Å². The average molecular weight is 313 g/mol. The molecule has 0 saturated carbocycles. The summed E-state index contributed by atoms with van der Waals surface area (Å²) in [5.41, 5.74) is 3.57. The van der Waals surface area contributed by atoms with Crippen LogP contribution in [0.2, 0.25) is 0 Å². The summed E-state index contributed by atoms with van der Waals surface area (Å²) >= 11 is 0. The Bertz CT molecular complexity index is 626. The van der Waals surface area contributed by atoms with E-state index in [0.29, 0.717) is 12.2 Å². The highest BCUT2D eigenvalue weighted by atomic mass is 16.5. The second-order valence-corrected chi connectivity index (χ2v) is 5.38. The minimum absolute atomic E-state index is 0.169. The van der Waals surface area contributed by atoms with E-state index < -0.39 is 0 Å². The Kier molecular flexibility index (Phi) is 6.56. The number of rotatable bonds is 8. The molecule has 1 amide bonds. The summed E-state index contributed by atoms with van der Waals surface area (Å²) in [7, 11) is 1.69. The molecule has 1 heterocycles. The first kappa shape index (κ1) is 17.0. The normalized spacial score (nSPS) is 10.3. The van der Waals surface area contributed by atoms with Crippen LogP contribution < -0.4 is 10.6 Å². The van der Waals surface area contributed by atoms with E-state index in [2.05, 4.69) is 21.7 Å². The Balaban J connectivity index is 1.82. The zero-order valence-electron chi connectivity index (χ0n) is 13.6. The number of benzene rings is 1. The first-order valence-corrected chi connectivity index (χ1v) is 7.71. The van der Waals surface area contributed by atoms with Gasteiger partial charge in [-0.25, -0.2) is 4.98 Å². The van der Waals surface area contributed by atoms with Crippen molar-refractivity contribution >= 4 is 11.6 Å². The van der Waals surface area contributed by atoms with E-state index in [9.17, 15) is 4.79 Å². The molecule has 5 nitrogen and oxygen atoms in total. The van der Waals surface area contributed by atoms with Crippen molar-refractivity contribution in [3.63, 3.8) is 0 Å². The van der Waals surface area contributed by atoms with Crippen LogP contribution in [0.15, 0.2) is 42.6 Å². The number of amides is 1. The highest BCUT2D eigenvalue weighted by Gasteiger charge is 2.06. The Hall–Kier alpha value is -2.40. The van der Waals surface area contributed by atoms with Gasteiger partial charge in [0.25, 0.3) is 5.91 Å². The molecule has 2 rings (SSSR count). The highest BCUT2D eigenvalue weighted by Crippen LogP contribution is 2.07. The summed E-state index contributed by atoms with van der Waals surface area (Å²) < 4.78 is 4.99. The van der Waals surface area contributed by atoms with E-state index in [1.807, 2.05) is 31.2 Å². The van der Waals surface area contributed by atoms with E-state index in [1.54, 1.807) is 19.4 Å². The lowest BCUT2D eigenvalue weighted by atomic mass is 10.1. The third kappa shape index (κ3) is 5.71. The largest absolute Gasteiger partial charge is 0.385 e. The number of aryl methyl sites for hydroxylation is 1. The van der Waals surface area contributed by atoms with Gasteiger partial charge in [-0.2, -0.15) is 0 Å². The molecule has 0 spiro atoms. The topological polar surface area (TPSA) is 63.2 Å². The van der Waals surface area contributed by atoms with E-state index in [0.717, 1.165) is 30.8 Å². The van der Waals surface area contributed by atoms with E-state index in [4.69, 9.17) is 4.74 Å². The molecule has 0 aliphatic rings. The first-order valence-electron chi connectivity index (χ1n) is 7.71. The van der Waals surface area contributed by atoms with Crippen molar-refractivity contribution in [1.29, 1.82) is 0 Å². The van der Waals surface area contributed by atoms with Gasteiger partial charge in [0, 0.05) is 26.8 Å². The summed E-state index contributed by atoms with van der Waals surface area (Å²) in [5.74, 6) is -0.169. The average Bonchev–Trinajstić information content (AvgIpc) is 2.57. The van der Waals surface area contributed by atoms with Crippen molar-refractivity contribution in [3.8, 4) is 0 Å². The van der Waals surface area contributed by atoms with Crippen LogP contribution in [-0.4, -0.2) is 31.2 Å². The summed E-state index contributed by atoms with van der Waals surface area (Å²) in [6, 6.07) is 11.7. The maximum absolute atomic E-state index is 12.1. The van der Waals surface area contributed by atoms with Gasteiger partial charge in [-0.3, -0.25) is 4.79 Å². The van der Waals surface area contributed by atoms with Crippen molar-refractivity contribution in [2.45, 2.75) is 19.9 Å². The number of carbonyl (C=O) groups is 1. The number of hydrogen-bond donors (Lipinski definition) is 2. The number of methoxy groups -OCH3 is 1. The van der Waals surface area contributed by atoms with Gasteiger partial charge >= 0.3 is 0 Å². The molecule has 1 aromatic heterocycles. The van der Waals surface area contributed by atoms with Gasteiger partial charge in [0.1, 0.15) is 5.69 Å². The van der Waals surface area contributed by atoms with Crippen LogP contribution in [0.4, 0.5) is 5.69 Å². The highest BCUT2D eigenvalue weighted by molar-refractivity contribution is 5.92. The van der Waals surface area contributed by atoms with Crippen LogP contribution in [0.25, 0.3) is 0 Å². The second kappa shape index (κ2) is 8.90. The van der Waals surface area contributed by atoms with Gasteiger partial charge in [0.2, 0.25) is 0 Å². The number of aromatic nitrogens is 1. The van der Waals surface area contributed by atoms with Crippen LogP contribution in [0, 0.1) is 6.92 Å². The Morgan fingerprint density at radius 1 is 1.26 bits per heavy atom. The van der Waals surface area contributed by atoms with Crippen LogP contribution >= 0.6 is 0 Å². The van der Waals surface area contributed by atoms with Crippen molar-refractivity contribution in [1.82, 2.24) is 10.3 Å². The Morgan fingerprint density at radius 3 is 2.83 bits per heavy atom. The third-order valence-electron chi connectivity index (χ3n) is 3.39. The first-order chi connectivity index (χ1) is 11.2. The molecule has 0 aliphatic heterocycles. The molecule has 0 radical (unpaired) electrons. The molecule has 2 N–H and O–H groups in total. The molecule has 5 heteroatoms. The fourth-order valence-corrected chi connectivity index (χ4v) is 2.18. The standard InChI is InChI=1S/C18H23N3O2/c1-14-5-3-6-15(11-14)12-21-18(22)17-8-7-16(13-20-17)19-9-4-10-23-2/h3,5-8,11,13,19H,4,9-10,12H2,1-2H3,(H,21,22). The number of nitrogens with one attached hydrogen (secondary N) is 2. The van der Waals surface area contributed by atoms with Gasteiger partial charge in [0.15, 0.2) is 0 Å². The van der Waals surface area contributed by atoms with Gasteiger partial charge in [-0.1, -0.05) is 29.8 Å². The summed E-state index contributed by atoms with van der Waals surface area (Å²) in [4.78, 5) is 16.3. The molecule has 0 bridgehead atoms. The lowest BCUT2D eigenvalue weighted by molar-refractivity contribution is 0.0946. The quantitative estimate of drug-likeness (QED) is 0.736. The number of pyridine rings is 1. The number of nitrogens with zero attached hydrogens (tertiary/aromatic N) is 1. The maximum Gasteiger partial charge on any atom is 0.270 e. The summed E-state index contributed by atoms with van der Waals surface area (Å²) in [6.45, 7) is 4.07. The minimum atomic E-state index is -0.169. The zero-order chi connectivity index (χ0) is 16.5. The monoisotopic (exact) mass is 313 g/mol. The second-order valence-electron chi connectivity index (χ2n) is 5.38. The van der Waals surface area contributed by atoms with E-state index in [1.165, 1.54) is 5.56 Å².